The van der Waals surface area contributed by atoms with Crippen LogP contribution in [-0.4, -0.2) is 23.2 Å². The molecule has 6 nitrogen and oxygen atoms in total. The largest absolute Gasteiger partial charge is 0.496 e. The smallest absolute Gasteiger partial charge is 0.340 e. The van der Waals surface area contributed by atoms with Crippen LogP contribution in [0.3, 0.4) is 0 Å². The lowest BCUT2D eigenvalue weighted by atomic mass is 10.2. The van der Waals surface area contributed by atoms with Gasteiger partial charge in [-0.15, -0.1) is 0 Å². The van der Waals surface area contributed by atoms with Crippen LogP contribution in [0.4, 0.5) is 4.39 Å². The normalized spacial score (nSPS) is 10.6. The Morgan fingerprint density at radius 2 is 2.00 bits per heavy atom. The molecule has 0 bridgehead atoms. The van der Waals surface area contributed by atoms with Crippen molar-refractivity contribution >= 4 is 29.2 Å². The summed E-state index contributed by atoms with van der Waals surface area (Å²) in [7, 11) is 1.52. The summed E-state index contributed by atoms with van der Waals surface area (Å²) in [5.74, 6) is -0.712. The van der Waals surface area contributed by atoms with Crippen molar-refractivity contribution in [2.45, 2.75) is 6.61 Å². The van der Waals surface area contributed by atoms with E-state index in [0.29, 0.717) is 11.3 Å². The second kappa shape index (κ2) is 7.72. The number of aromatic nitrogens is 2. The minimum atomic E-state index is -0.845. The average molecular weight is 397 g/mol. The minimum absolute atomic E-state index is 0.0263. The summed E-state index contributed by atoms with van der Waals surface area (Å²) in [6.45, 7) is -0.304. The van der Waals surface area contributed by atoms with Crippen LogP contribution in [0.2, 0.25) is 10.0 Å². The van der Waals surface area contributed by atoms with E-state index in [9.17, 15) is 9.18 Å². The molecule has 0 unspecified atom stereocenters. The number of halogens is 3. The fourth-order valence-electron chi connectivity index (χ4n) is 2.14. The maximum Gasteiger partial charge on any atom is 0.340 e. The molecule has 0 saturated heterocycles. The molecular weight excluding hydrogens is 386 g/mol. The van der Waals surface area contributed by atoms with Crippen molar-refractivity contribution in [3.05, 3.63) is 63.7 Å². The molecule has 3 rings (SSSR count). The Hall–Kier alpha value is -2.64. The van der Waals surface area contributed by atoms with Gasteiger partial charge in [0.25, 0.3) is 5.89 Å². The van der Waals surface area contributed by atoms with Crippen LogP contribution in [0.1, 0.15) is 16.2 Å². The number of methoxy groups -OCH3 is 1. The van der Waals surface area contributed by atoms with Crippen LogP contribution in [0.5, 0.6) is 5.75 Å². The van der Waals surface area contributed by atoms with Crippen molar-refractivity contribution in [1.29, 1.82) is 0 Å². The van der Waals surface area contributed by atoms with E-state index in [-0.39, 0.29) is 33.9 Å². The molecular formula is C17H11Cl2FN2O4. The summed E-state index contributed by atoms with van der Waals surface area (Å²) >= 11 is 11.5. The van der Waals surface area contributed by atoms with Gasteiger partial charge in [0, 0.05) is 0 Å². The first-order valence-electron chi connectivity index (χ1n) is 7.27. The van der Waals surface area contributed by atoms with Gasteiger partial charge in [0.2, 0.25) is 5.82 Å². The molecule has 0 aliphatic carbocycles. The summed E-state index contributed by atoms with van der Waals surface area (Å²) in [4.78, 5) is 16.2. The van der Waals surface area contributed by atoms with Gasteiger partial charge in [0.05, 0.1) is 28.3 Å². The third kappa shape index (κ3) is 3.79. The Bertz CT molecular complexity index is 962. The first-order valence-corrected chi connectivity index (χ1v) is 8.03. The Morgan fingerprint density at radius 3 is 2.77 bits per heavy atom. The topological polar surface area (TPSA) is 74.5 Å². The second-order valence-electron chi connectivity index (χ2n) is 5.03. The van der Waals surface area contributed by atoms with Gasteiger partial charge in [0.15, 0.2) is 6.61 Å². The van der Waals surface area contributed by atoms with Crippen LogP contribution in [0.25, 0.3) is 11.4 Å². The third-order valence-electron chi connectivity index (χ3n) is 3.37. The van der Waals surface area contributed by atoms with Gasteiger partial charge in [0.1, 0.15) is 11.6 Å². The Balaban J connectivity index is 1.72. The van der Waals surface area contributed by atoms with Crippen molar-refractivity contribution < 1.29 is 23.2 Å². The maximum atomic E-state index is 13.5. The molecule has 9 heteroatoms. The minimum Gasteiger partial charge on any atom is -0.496 e. The highest BCUT2D eigenvalue weighted by Gasteiger charge is 2.18. The van der Waals surface area contributed by atoms with Crippen molar-refractivity contribution in [2.75, 3.05) is 7.11 Å². The predicted molar refractivity (Wildman–Crippen MR) is 91.8 cm³/mol. The third-order valence-corrected chi connectivity index (χ3v) is 3.97. The number of para-hydroxylation sites is 1. The van der Waals surface area contributed by atoms with Crippen molar-refractivity contribution in [3.63, 3.8) is 0 Å². The summed E-state index contributed by atoms with van der Waals surface area (Å²) in [5, 5.41) is 3.61. The molecule has 0 saturated carbocycles. The molecule has 134 valence electrons. The van der Waals surface area contributed by atoms with Gasteiger partial charge in [-0.1, -0.05) is 40.5 Å². The highest BCUT2D eigenvalue weighted by Crippen LogP contribution is 2.28. The second-order valence-corrected chi connectivity index (χ2v) is 5.85. The Kier molecular flexibility index (Phi) is 5.39. The predicted octanol–water partition coefficient (Wildman–Crippen LogP) is 4.55. The summed E-state index contributed by atoms with van der Waals surface area (Å²) in [5.41, 5.74) is 0.470. The molecule has 1 heterocycles. The van der Waals surface area contributed by atoms with E-state index < -0.39 is 11.8 Å². The SMILES string of the molecule is COc1ccccc1-c1noc(COC(=O)c2cc(F)c(Cl)cc2Cl)n1. The van der Waals surface area contributed by atoms with E-state index in [2.05, 4.69) is 10.1 Å². The fraction of sp³-hybridized carbons (Fsp3) is 0.118. The zero-order valence-electron chi connectivity index (χ0n) is 13.3. The van der Waals surface area contributed by atoms with Crippen LogP contribution in [-0.2, 0) is 11.3 Å². The van der Waals surface area contributed by atoms with Crippen LogP contribution < -0.4 is 4.74 Å². The molecule has 3 aromatic rings. The zero-order valence-corrected chi connectivity index (χ0v) is 14.8. The molecule has 0 amide bonds. The highest BCUT2D eigenvalue weighted by molar-refractivity contribution is 6.36. The van der Waals surface area contributed by atoms with E-state index >= 15 is 0 Å². The lowest BCUT2D eigenvalue weighted by Crippen LogP contribution is -2.07. The summed E-state index contributed by atoms with van der Waals surface area (Å²) in [6, 6.07) is 9.14. The first-order chi connectivity index (χ1) is 12.5. The molecule has 26 heavy (non-hydrogen) atoms. The number of nitrogens with zero attached hydrogens (tertiary/aromatic N) is 2. The monoisotopic (exact) mass is 396 g/mol. The zero-order chi connectivity index (χ0) is 18.7. The highest BCUT2D eigenvalue weighted by atomic mass is 35.5. The van der Waals surface area contributed by atoms with E-state index in [1.165, 1.54) is 7.11 Å². The molecule has 0 fully saturated rings. The number of rotatable bonds is 5. The van der Waals surface area contributed by atoms with E-state index in [1.807, 2.05) is 0 Å². The molecule has 0 atom stereocenters. The number of ether oxygens (including phenoxy) is 2. The number of carbonyl (C=O) groups is 1. The Labute approximate surface area is 157 Å². The van der Waals surface area contributed by atoms with Gasteiger partial charge >= 0.3 is 5.97 Å². The Morgan fingerprint density at radius 1 is 1.23 bits per heavy atom. The number of hydrogen-bond acceptors (Lipinski definition) is 6. The lowest BCUT2D eigenvalue weighted by Gasteiger charge is -2.05. The van der Waals surface area contributed by atoms with Gasteiger partial charge < -0.3 is 14.0 Å². The van der Waals surface area contributed by atoms with Gasteiger partial charge in [-0.2, -0.15) is 4.98 Å². The molecule has 1 aromatic heterocycles. The number of benzene rings is 2. The lowest BCUT2D eigenvalue weighted by molar-refractivity contribution is 0.0429. The molecule has 0 radical (unpaired) electrons. The van der Waals surface area contributed by atoms with Crippen molar-refractivity contribution in [3.8, 4) is 17.1 Å². The molecule has 2 aromatic carbocycles. The maximum absolute atomic E-state index is 13.5. The first kappa shape index (κ1) is 18.2. The number of carbonyl (C=O) groups excluding carboxylic acids is 1. The van der Waals surface area contributed by atoms with Crippen LogP contribution in [0, 0.1) is 5.82 Å². The molecule has 0 aliphatic rings. The summed E-state index contributed by atoms with van der Waals surface area (Å²) < 4.78 is 28.8. The van der Waals surface area contributed by atoms with Gasteiger partial charge in [-0.05, 0) is 24.3 Å². The van der Waals surface area contributed by atoms with E-state index in [1.54, 1.807) is 24.3 Å². The quantitative estimate of drug-likeness (QED) is 0.465. The number of hydrogen-bond donors (Lipinski definition) is 0. The van der Waals surface area contributed by atoms with E-state index in [4.69, 9.17) is 37.2 Å². The van der Waals surface area contributed by atoms with Crippen LogP contribution >= 0.6 is 23.2 Å². The number of esters is 1. The standard InChI is InChI=1S/C17H11Cl2FN2O4/c1-24-14-5-3-2-4-9(14)16-21-15(26-22-16)8-25-17(23)10-6-13(20)12(19)7-11(10)18/h2-7H,8H2,1H3. The molecule has 0 N–H and O–H groups in total. The van der Waals surface area contributed by atoms with E-state index in [0.717, 1.165) is 12.1 Å². The summed E-state index contributed by atoms with van der Waals surface area (Å²) in [6.07, 6.45) is 0. The molecule has 0 aliphatic heterocycles. The van der Waals surface area contributed by atoms with Crippen molar-refractivity contribution in [1.82, 2.24) is 10.1 Å². The molecule has 0 spiro atoms. The van der Waals surface area contributed by atoms with Gasteiger partial charge in [-0.3, -0.25) is 0 Å². The fourth-order valence-corrected chi connectivity index (χ4v) is 2.60. The van der Waals surface area contributed by atoms with Gasteiger partial charge in [-0.25, -0.2) is 9.18 Å². The average Bonchev–Trinajstić information content (AvgIpc) is 3.11. The van der Waals surface area contributed by atoms with Crippen LogP contribution in [0.15, 0.2) is 40.9 Å². The van der Waals surface area contributed by atoms with Crippen molar-refractivity contribution in [2.24, 2.45) is 0 Å².